The Hall–Kier alpha value is -4.33. The molecule has 0 fully saturated rings. The average Bonchev–Trinajstić information content (AvgIpc) is 2.95. The Morgan fingerprint density at radius 1 is 0.951 bits per heavy atom. The van der Waals surface area contributed by atoms with Gasteiger partial charge in [0.1, 0.15) is 23.8 Å². The molecule has 0 aliphatic heterocycles. The van der Waals surface area contributed by atoms with Crippen molar-refractivity contribution in [2.24, 2.45) is 5.41 Å². The van der Waals surface area contributed by atoms with E-state index in [0.717, 1.165) is 29.5 Å². The maximum absolute atomic E-state index is 13.8. The van der Waals surface area contributed by atoms with E-state index in [1.54, 1.807) is 20.1 Å². The van der Waals surface area contributed by atoms with E-state index in [-0.39, 0.29) is 30.8 Å². The Morgan fingerprint density at radius 2 is 1.66 bits per heavy atom. The van der Waals surface area contributed by atoms with Gasteiger partial charge in [-0.3, -0.25) is 19.3 Å². The van der Waals surface area contributed by atoms with Crippen molar-refractivity contribution in [3.05, 3.63) is 82.9 Å². The number of rotatable bonds is 8. The van der Waals surface area contributed by atoms with Gasteiger partial charge in [-0.25, -0.2) is 0 Å². The van der Waals surface area contributed by atoms with Gasteiger partial charge in [0, 0.05) is 11.6 Å². The van der Waals surface area contributed by atoms with Gasteiger partial charge in [0.2, 0.25) is 0 Å². The Bertz CT molecular complexity index is 1420. The molecular weight excluding hydrogens is 522 g/mol. The monoisotopic (exact) mass is 559 g/mol. The van der Waals surface area contributed by atoms with Crippen LogP contribution in [0.15, 0.2) is 60.7 Å². The van der Waals surface area contributed by atoms with Gasteiger partial charge in [0.15, 0.2) is 0 Å². The summed E-state index contributed by atoms with van der Waals surface area (Å²) >= 11 is 0. The van der Waals surface area contributed by atoms with Crippen LogP contribution < -0.4 is 14.4 Å². The summed E-state index contributed by atoms with van der Waals surface area (Å²) in [5.74, 6) is -0.0192. The van der Waals surface area contributed by atoms with Crippen molar-refractivity contribution in [2.45, 2.75) is 52.9 Å². The molecule has 0 aromatic heterocycles. The number of ether oxygens (including phenoxy) is 3. The number of carbonyl (C=O) groups is 3. The van der Waals surface area contributed by atoms with Crippen molar-refractivity contribution in [1.29, 1.82) is 0 Å². The molecule has 8 nitrogen and oxygen atoms in total. The molecule has 1 atom stereocenters. The van der Waals surface area contributed by atoms with Crippen molar-refractivity contribution in [3.63, 3.8) is 0 Å². The molecule has 0 saturated carbocycles. The van der Waals surface area contributed by atoms with E-state index in [2.05, 4.69) is 0 Å². The zero-order valence-electron chi connectivity index (χ0n) is 24.2. The summed E-state index contributed by atoms with van der Waals surface area (Å²) in [6.45, 7) is 7.10. The van der Waals surface area contributed by atoms with Gasteiger partial charge in [0.25, 0.3) is 5.91 Å². The zero-order valence-corrected chi connectivity index (χ0v) is 24.2. The van der Waals surface area contributed by atoms with Gasteiger partial charge in [-0.05, 0) is 112 Å². The highest BCUT2D eigenvalue weighted by Crippen LogP contribution is 2.40. The third-order valence-corrected chi connectivity index (χ3v) is 7.15. The van der Waals surface area contributed by atoms with Gasteiger partial charge in [-0.2, -0.15) is 0 Å². The molecule has 0 saturated heterocycles. The number of anilines is 1. The predicted octanol–water partition coefficient (Wildman–Crippen LogP) is 5.83. The molecule has 3 aromatic carbocycles. The first-order chi connectivity index (χ1) is 19.5. The topological polar surface area (TPSA) is 102 Å². The minimum atomic E-state index is -0.598. The molecule has 0 radical (unpaired) electrons. The standard InChI is InChI=1S/C33H37NO7/c1-6-40-30(36)20-34(31(37)21-9-12-25(35)13-10-21)29-19-26(39-5)15-16-28(29)24-8-7-23-18-27(14-11-22(23)17-24)41-32(38)33(2,3)4/h9-16,18-19,24,35H,6-8,17,20H2,1-5H3. The van der Waals surface area contributed by atoms with Crippen LogP contribution in [0.4, 0.5) is 5.69 Å². The fourth-order valence-corrected chi connectivity index (χ4v) is 4.91. The highest BCUT2D eigenvalue weighted by atomic mass is 16.5. The van der Waals surface area contributed by atoms with Crippen LogP contribution >= 0.6 is 0 Å². The van der Waals surface area contributed by atoms with Crippen LogP contribution in [0.5, 0.6) is 17.2 Å². The number of nitrogens with zero attached hydrogens (tertiary/aromatic N) is 1. The smallest absolute Gasteiger partial charge is 0.326 e. The van der Waals surface area contributed by atoms with Crippen LogP contribution in [0.25, 0.3) is 0 Å². The summed E-state index contributed by atoms with van der Waals surface area (Å²) in [7, 11) is 1.55. The maximum atomic E-state index is 13.8. The van der Waals surface area contributed by atoms with E-state index in [9.17, 15) is 19.5 Å². The van der Waals surface area contributed by atoms with Crippen LogP contribution in [-0.4, -0.2) is 43.2 Å². The Labute approximate surface area is 240 Å². The molecule has 3 aromatic rings. The first-order valence-corrected chi connectivity index (χ1v) is 13.8. The molecule has 41 heavy (non-hydrogen) atoms. The summed E-state index contributed by atoms with van der Waals surface area (Å²) in [5, 5.41) is 9.73. The van der Waals surface area contributed by atoms with Gasteiger partial charge in [0.05, 0.1) is 24.8 Å². The van der Waals surface area contributed by atoms with Crippen LogP contribution in [0.2, 0.25) is 0 Å². The van der Waals surface area contributed by atoms with Crippen LogP contribution in [-0.2, 0) is 27.2 Å². The lowest BCUT2D eigenvalue weighted by Gasteiger charge is -2.31. The number of carbonyl (C=O) groups excluding carboxylic acids is 3. The first-order valence-electron chi connectivity index (χ1n) is 13.8. The van der Waals surface area contributed by atoms with E-state index in [1.807, 2.05) is 51.1 Å². The maximum Gasteiger partial charge on any atom is 0.326 e. The van der Waals surface area contributed by atoms with Crippen molar-refractivity contribution >= 4 is 23.5 Å². The molecule has 4 rings (SSSR count). The third kappa shape index (κ3) is 7.06. The van der Waals surface area contributed by atoms with Crippen LogP contribution in [0, 0.1) is 5.41 Å². The molecule has 0 bridgehead atoms. The number of phenols is 1. The second kappa shape index (κ2) is 12.5. The molecule has 0 spiro atoms. The van der Waals surface area contributed by atoms with Crippen LogP contribution in [0.3, 0.4) is 0 Å². The molecule has 1 N–H and O–H groups in total. The van der Waals surface area contributed by atoms with E-state index >= 15 is 0 Å². The quantitative estimate of drug-likeness (QED) is 0.273. The van der Waals surface area contributed by atoms with E-state index < -0.39 is 17.3 Å². The lowest BCUT2D eigenvalue weighted by molar-refractivity contribution is -0.143. The summed E-state index contributed by atoms with van der Waals surface area (Å²) in [4.78, 5) is 40.2. The van der Waals surface area contributed by atoms with Gasteiger partial charge in [-0.1, -0.05) is 12.1 Å². The third-order valence-electron chi connectivity index (χ3n) is 7.15. The molecule has 8 heteroatoms. The predicted molar refractivity (Wildman–Crippen MR) is 156 cm³/mol. The number of aryl methyl sites for hydroxylation is 1. The normalized spacial score (nSPS) is 14.5. The number of amides is 1. The Balaban J connectivity index is 1.69. The molecule has 1 aliphatic carbocycles. The average molecular weight is 560 g/mol. The zero-order chi connectivity index (χ0) is 29.7. The minimum Gasteiger partial charge on any atom is -0.508 e. The molecule has 1 amide bonds. The summed E-state index contributed by atoms with van der Waals surface area (Å²) in [5.41, 5.74) is 3.47. The summed E-state index contributed by atoms with van der Waals surface area (Å²) < 4.78 is 16.3. The SMILES string of the molecule is CCOC(=O)CN(C(=O)c1ccc(O)cc1)c1cc(OC)ccc1C1CCc2cc(OC(=O)C(C)(C)C)ccc2C1. The highest BCUT2D eigenvalue weighted by Gasteiger charge is 2.30. The number of aromatic hydroxyl groups is 1. The second-order valence-corrected chi connectivity index (χ2v) is 11.2. The fraction of sp³-hybridized carbons (Fsp3) is 0.364. The highest BCUT2D eigenvalue weighted by molar-refractivity contribution is 6.09. The lowest BCUT2D eigenvalue weighted by atomic mass is 9.79. The van der Waals surface area contributed by atoms with Crippen molar-refractivity contribution < 1.29 is 33.7 Å². The van der Waals surface area contributed by atoms with Crippen molar-refractivity contribution in [1.82, 2.24) is 0 Å². The lowest BCUT2D eigenvalue weighted by Crippen LogP contribution is -2.37. The Kier molecular flexibility index (Phi) is 9.01. The van der Waals surface area contributed by atoms with E-state index in [4.69, 9.17) is 14.2 Å². The van der Waals surface area contributed by atoms with Crippen molar-refractivity contribution in [3.8, 4) is 17.2 Å². The van der Waals surface area contributed by atoms with E-state index in [1.165, 1.54) is 29.2 Å². The molecule has 0 heterocycles. The van der Waals surface area contributed by atoms with Crippen LogP contribution in [0.1, 0.15) is 67.1 Å². The minimum absolute atomic E-state index is 0.0396. The number of benzene rings is 3. The summed E-state index contributed by atoms with van der Waals surface area (Å²) in [6.07, 6.45) is 2.27. The number of hydrogen-bond donors (Lipinski definition) is 1. The van der Waals surface area contributed by atoms with Gasteiger partial charge >= 0.3 is 11.9 Å². The number of hydrogen-bond acceptors (Lipinski definition) is 7. The number of methoxy groups -OCH3 is 1. The van der Waals surface area contributed by atoms with Crippen molar-refractivity contribution in [2.75, 3.05) is 25.2 Å². The van der Waals surface area contributed by atoms with Gasteiger partial charge < -0.3 is 19.3 Å². The first kappa shape index (κ1) is 29.6. The number of phenolic OH excluding ortho intramolecular Hbond substituents is 1. The fourth-order valence-electron chi connectivity index (χ4n) is 4.91. The molecule has 1 aliphatic rings. The number of esters is 2. The molecular formula is C33H37NO7. The molecule has 216 valence electrons. The largest absolute Gasteiger partial charge is 0.508 e. The van der Waals surface area contributed by atoms with Gasteiger partial charge in [-0.15, -0.1) is 0 Å². The second-order valence-electron chi connectivity index (χ2n) is 11.2. The molecule has 1 unspecified atom stereocenters. The van der Waals surface area contributed by atoms with E-state index in [0.29, 0.717) is 29.2 Å². The number of fused-ring (bicyclic) bond motifs is 1. The summed E-state index contributed by atoms with van der Waals surface area (Å²) in [6, 6.07) is 17.3. The Morgan fingerprint density at radius 3 is 2.32 bits per heavy atom.